The van der Waals surface area contributed by atoms with E-state index in [2.05, 4.69) is 0 Å². The van der Waals surface area contributed by atoms with Gasteiger partial charge in [-0.2, -0.15) is 0 Å². The Hall–Kier alpha value is -1.15. The Morgan fingerprint density at radius 1 is 1.27 bits per heavy atom. The van der Waals surface area contributed by atoms with Crippen molar-refractivity contribution in [2.45, 2.75) is 27.2 Å². The fourth-order valence-electron chi connectivity index (χ4n) is 1.24. The van der Waals surface area contributed by atoms with Gasteiger partial charge in [0.25, 0.3) is 0 Å². The van der Waals surface area contributed by atoms with Gasteiger partial charge in [0.2, 0.25) is 0 Å². The van der Waals surface area contributed by atoms with Gasteiger partial charge in [-0.05, 0) is 12.5 Å². The van der Waals surface area contributed by atoms with Crippen molar-refractivity contribution in [1.29, 1.82) is 0 Å². The second kappa shape index (κ2) is 4.58. The lowest BCUT2D eigenvalue weighted by Crippen LogP contribution is -2.33. The molecule has 0 aromatic heterocycles. The fraction of sp³-hybridized carbons (Fsp3) is 0.462. The third kappa shape index (κ3) is 3.17. The Kier molecular flexibility index (Phi) is 3.64. The van der Waals surface area contributed by atoms with Gasteiger partial charge in [0.05, 0.1) is 0 Å². The summed E-state index contributed by atoms with van der Waals surface area (Å²) < 4.78 is 0. The molecule has 1 rings (SSSR count). The normalized spacial score (nSPS) is 11.5. The zero-order chi connectivity index (χ0) is 11.5. The Bertz CT molecular complexity index is 338. The standard InChI is InChI=1S/C13H19NO/c1-10-4-6-11(7-5-10)8-12(15)13(2,3)9-14/h4-7H,8-9,14H2,1-3H3. The van der Waals surface area contributed by atoms with Crippen LogP contribution in [0, 0.1) is 12.3 Å². The van der Waals surface area contributed by atoms with Gasteiger partial charge >= 0.3 is 0 Å². The van der Waals surface area contributed by atoms with Crippen LogP contribution in [0.2, 0.25) is 0 Å². The molecule has 0 heterocycles. The van der Waals surface area contributed by atoms with Crippen molar-refractivity contribution >= 4 is 5.78 Å². The van der Waals surface area contributed by atoms with E-state index in [9.17, 15) is 4.79 Å². The first-order valence-corrected chi connectivity index (χ1v) is 5.24. The summed E-state index contributed by atoms with van der Waals surface area (Å²) >= 11 is 0. The maximum absolute atomic E-state index is 11.9. The minimum Gasteiger partial charge on any atom is -0.329 e. The van der Waals surface area contributed by atoms with Gasteiger partial charge in [0, 0.05) is 18.4 Å². The molecule has 1 aromatic rings. The molecule has 0 aliphatic heterocycles. The van der Waals surface area contributed by atoms with Crippen molar-refractivity contribution in [3.8, 4) is 0 Å². The Morgan fingerprint density at radius 3 is 2.27 bits per heavy atom. The van der Waals surface area contributed by atoms with Crippen LogP contribution < -0.4 is 5.73 Å². The first-order chi connectivity index (χ1) is 6.95. The second-order valence-electron chi connectivity index (χ2n) is 4.67. The SMILES string of the molecule is Cc1ccc(CC(=O)C(C)(C)CN)cc1. The van der Waals surface area contributed by atoms with Gasteiger partial charge in [-0.1, -0.05) is 43.7 Å². The molecule has 0 radical (unpaired) electrons. The van der Waals surface area contributed by atoms with E-state index >= 15 is 0 Å². The lowest BCUT2D eigenvalue weighted by molar-refractivity contribution is -0.125. The minimum absolute atomic E-state index is 0.203. The third-order valence-corrected chi connectivity index (χ3v) is 2.75. The van der Waals surface area contributed by atoms with Crippen LogP contribution in [0.5, 0.6) is 0 Å². The molecule has 0 saturated heterocycles. The van der Waals surface area contributed by atoms with E-state index in [4.69, 9.17) is 5.73 Å². The average molecular weight is 205 g/mol. The van der Waals surface area contributed by atoms with E-state index in [0.717, 1.165) is 5.56 Å². The van der Waals surface area contributed by atoms with Crippen molar-refractivity contribution < 1.29 is 4.79 Å². The predicted molar refractivity (Wildman–Crippen MR) is 62.7 cm³/mol. The molecule has 0 amide bonds. The number of nitrogens with two attached hydrogens (primary N) is 1. The van der Waals surface area contributed by atoms with Crippen LogP contribution in [0.3, 0.4) is 0 Å². The van der Waals surface area contributed by atoms with Crippen molar-refractivity contribution in [1.82, 2.24) is 0 Å². The summed E-state index contributed by atoms with van der Waals surface area (Å²) in [5, 5.41) is 0. The number of aryl methyl sites for hydroxylation is 1. The first kappa shape index (κ1) is 11.9. The smallest absolute Gasteiger partial charge is 0.144 e. The summed E-state index contributed by atoms with van der Waals surface area (Å²) in [7, 11) is 0. The number of ketones is 1. The summed E-state index contributed by atoms with van der Waals surface area (Å²) in [6, 6.07) is 8.05. The van der Waals surface area contributed by atoms with Crippen molar-refractivity contribution in [3.63, 3.8) is 0 Å². The van der Waals surface area contributed by atoms with Crippen LogP contribution >= 0.6 is 0 Å². The number of Topliss-reactive ketones (excluding diaryl/α,β-unsaturated/α-hetero) is 1. The maximum Gasteiger partial charge on any atom is 0.144 e. The zero-order valence-electron chi connectivity index (χ0n) is 9.71. The Labute approximate surface area is 91.5 Å². The number of hydrogen-bond acceptors (Lipinski definition) is 2. The van der Waals surface area contributed by atoms with Crippen molar-refractivity contribution in [2.75, 3.05) is 6.54 Å². The molecule has 15 heavy (non-hydrogen) atoms. The number of rotatable bonds is 4. The van der Waals surface area contributed by atoms with Crippen LogP contribution in [0.1, 0.15) is 25.0 Å². The molecular weight excluding hydrogens is 186 g/mol. The lowest BCUT2D eigenvalue weighted by Gasteiger charge is -2.20. The molecule has 2 heteroatoms. The van der Waals surface area contributed by atoms with Gasteiger partial charge in [0.1, 0.15) is 5.78 Å². The topological polar surface area (TPSA) is 43.1 Å². The summed E-state index contributed by atoms with van der Waals surface area (Å²) in [5.74, 6) is 0.203. The highest BCUT2D eigenvalue weighted by atomic mass is 16.1. The monoisotopic (exact) mass is 205 g/mol. The first-order valence-electron chi connectivity index (χ1n) is 5.24. The predicted octanol–water partition coefficient (Wildman–Crippen LogP) is 2.09. The summed E-state index contributed by atoms with van der Waals surface area (Å²) in [4.78, 5) is 11.9. The van der Waals surface area contributed by atoms with Gasteiger partial charge in [0.15, 0.2) is 0 Å². The molecule has 2 N–H and O–H groups in total. The molecule has 82 valence electrons. The highest BCUT2D eigenvalue weighted by molar-refractivity contribution is 5.86. The van der Waals surface area contributed by atoms with Crippen LogP contribution in [0.25, 0.3) is 0 Å². The van der Waals surface area contributed by atoms with Crippen LogP contribution in [-0.4, -0.2) is 12.3 Å². The van der Waals surface area contributed by atoms with Gasteiger partial charge in [-0.15, -0.1) is 0 Å². The van der Waals surface area contributed by atoms with E-state index in [1.165, 1.54) is 5.56 Å². The number of hydrogen-bond donors (Lipinski definition) is 1. The van der Waals surface area contributed by atoms with Crippen LogP contribution in [0.15, 0.2) is 24.3 Å². The van der Waals surface area contributed by atoms with E-state index < -0.39 is 5.41 Å². The van der Waals surface area contributed by atoms with Crippen LogP contribution in [-0.2, 0) is 11.2 Å². The zero-order valence-corrected chi connectivity index (χ0v) is 9.71. The summed E-state index contributed by atoms with van der Waals surface area (Å²) in [6.07, 6.45) is 0.477. The Balaban J connectivity index is 2.71. The number of carbonyl (C=O) groups is 1. The summed E-state index contributed by atoms with van der Waals surface area (Å²) in [6.45, 7) is 6.22. The van der Waals surface area contributed by atoms with E-state index in [0.29, 0.717) is 13.0 Å². The third-order valence-electron chi connectivity index (χ3n) is 2.75. The number of carbonyl (C=O) groups excluding carboxylic acids is 1. The lowest BCUT2D eigenvalue weighted by atomic mass is 9.85. The maximum atomic E-state index is 11.9. The molecule has 0 atom stereocenters. The number of benzene rings is 1. The summed E-state index contributed by atoms with van der Waals surface area (Å²) in [5.41, 5.74) is 7.43. The molecule has 0 fully saturated rings. The average Bonchev–Trinajstić information content (AvgIpc) is 2.21. The quantitative estimate of drug-likeness (QED) is 0.818. The Morgan fingerprint density at radius 2 is 1.80 bits per heavy atom. The largest absolute Gasteiger partial charge is 0.329 e. The minimum atomic E-state index is -0.412. The fourth-order valence-corrected chi connectivity index (χ4v) is 1.24. The molecule has 0 aliphatic rings. The second-order valence-corrected chi connectivity index (χ2v) is 4.67. The van der Waals surface area contributed by atoms with Gasteiger partial charge in [-0.25, -0.2) is 0 Å². The van der Waals surface area contributed by atoms with Gasteiger partial charge < -0.3 is 5.73 Å². The molecule has 2 nitrogen and oxygen atoms in total. The highest BCUT2D eigenvalue weighted by Crippen LogP contribution is 2.17. The highest BCUT2D eigenvalue weighted by Gasteiger charge is 2.25. The van der Waals surface area contributed by atoms with Crippen LogP contribution in [0.4, 0.5) is 0 Å². The van der Waals surface area contributed by atoms with Crippen molar-refractivity contribution in [2.24, 2.45) is 11.1 Å². The molecule has 0 unspecified atom stereocenters. The van der Waals surface area contributed by atoms with E-state index in [-0.39, 0.29) is 5.78 Å². The van der Waals surface area contributed by atoms with E-state index in [1.54, 1.807) is 0 Å². The molecule has 1 aromatic carbocycles. The molecule has 0 aliphatic carbocycles. The van der Waals surface area contributed by atoms with Gasteiger partial charge in [-0.3, -0.25) is 4.79 Å². The molecule has 0 spiro atoms. The molecular formula is C13H19NO. The van der Waals surface area contributed by atoms with Crippen molar-refractivity contribution in [3.05, 3.63) is 35.4 Å². The van der Waals surface area contributed by atoms with E-state index in [1.807, 2.05) is 45.0 Å². The molecule has 0 bridgehead atoms. The molecule has 0 saturated carbocycles.